The molecule has 0 aromatic heterocycles. The number of hydrogen-bond acceptors (Lipinski definition) is 4. The summed E-state index contributed by atoms with van der Waals surface area (Å²) in [6, 6.07) is 6.11. The quantitative estimate of drug-likeness (QED) is 0.483. The van der Waals surface area contributed by atoms with Gasteiger partial charge in [-0.05, 0) is 24.3 Å². The fourth-order valence-corrected chi connectivity index (χ4v) is 1.64. The molecule has 7 heteroatoms. The summed E-state index contributed by atoms with van der Waals surface area (Å²) in [6.07, 6.45) is 1.06. The van der Waals surface area contributed by atoms with E-state index in [9.17, 15) is 8.42 Å². The number of anilines is 1. The van der Waals surface area contributed by atoms with Gasteiger partial charge in [-0.1, -0.05) is 16.8 Å². The van der Waals surface area contributed by atoms with E-state index in [0.717, 1.165) is 6.26 Å². The van der Waals surface area contributed by atoms with E-state index in [0.29, 0.717) is 11.3 Å². The normalized spacial score (nSPS) is 12.5. The van der Waals surface area contributed by atoms with Crippen LogP contribution in [-0.2, 0) is 10.0 Å². The molecule has 1 aromatic carbocycles. The highest BCUT2D eigenvalue weighted by molar-refractivity contribution is 7.92. The second-order valence-corrected chi connectivity index (χ2v) is 4.95. The fourth-order valence-electron chi connectivity index (χ4n) is 0.948. The first-order valence-corrected chi connectivity index (χ1v) is 6.15. The van der Waals surface area contributed by atoms with Gasteiger partial charge in [0.1, 0.15) is 0 Å². The Labute approximate surface area is 92.4 Å². The Balaban J connectivity index is 2.91. The Bertz CT molecular complexity index is 467. The van der Waals surface area contributed by atoms with Crippen molar-refractivity contribution in [1.29, 1.82) is 0 Å². The summed E-state index contributed by atoms with van der Waals surface area (Å²) >= 11 is 5.54. The lowest BCUT2D eigenvalue weighted by Crippen LogP contribution is -2.09. The van der Waals surface area contributed by atoms with Crippen molar-refractivity contribution in [1.82, 2.24) is 0 Å². The highest BCUT2D eigenvalue weighted by atomic mass is 35.5. The minimum atomic E-state index is -3.28. The molecule has 0 atom stereocenters. The molecule has 5 nitrogen and oxygen atoms in total. The molecular weight excluding hydrogens is 240 g/mol. The molecule has 1 rings (SSSR count). The van der Waals surface area contributed by atoms with Crippen molar-refractivity contribution < 1.29 is 13.6 Å². The molecule has 0 spiro atoms. The van der Waals surface area contributed by atoms with E-state index >= 15 is 0 Å². The Morgan fingerprint density at radius 1 is 1.40 bits per heavy atom. The molecule has 0 aliphatic rings. The van der Waals surface area contributed by atoms with Crippen LogP contribution in [0.5, 0.6) is 0 Å². The summed E-state index contributed by atoms with van der Waals surface area (Å²) < 4.78 is 24.0. The molecule has 0 amide bonds. The number of halogens is 1. The van der Waals surface area contributed by atoms with Gasteiger partial charge in [0, 0.05) is 11.3 Å². The Morgan fingerprint density at radius 3 is 2.33 bits per heavy atom. The average molecular weight is 249 g/mol. The molecule has 15 heavy (non-hydrogen) atoms. The van der Waals surface area contributed by atoms with Crippen molar-refractivity contribution in [3.05, 3.63) is 29.8 Å². The van der Waals surface area contributed by atoms with Crippen LogP contribution in [0.15, 0.2) is 29.4 Å². The zero-order chi connectivity index (χ0) is 11.5. The third-order valence-corrected chi connectivity index (χ3v) is 2.41. The van der Waals surface area contributed by atoms with E-state index in [-0.39, 0.29) is 5.17 Å². The molecule has 0 saturated carbocycles. The summed E-state index contributed by atoms with van der Waals surface area (Å²) in [5, 5.41) is 11.1. The van der Waals surface area contributed by atoms with Crippen LogP contribution in [0.3, 0.4) is 0 Å². The van der Waals surface area contributed by atoms with E-state index in [2.05, 4.69) is 9.88 Å². The first-order chi connectivity index (χ1) is 6.92. The van der Waals surface area contributed by atoms with Gasteiger partial charge in [-0.2, -0.15) is 0 Å². The highest BCUT2D eigenvalue weighted by Crippen LogP contribution is 2.12. The molecule has 1 aromatic rings. The predicted octanol–water partition coefficient (Wildman–Crippen LogP) is 1.43. The van der Waals surface area contributed by atoms with E-state index in [1.165, 1.54) is 24.3 Å². The Hall–Kier alpha value is -1.27. The molecule has 2 N–H and O–H groups in total. The molecule has 82 valence electrons. The topological polar surface area (TPSA) is 78.8 Å². The largest absolute Gasteiger partial charge is 0.410 e. The molecule has 0 unspecified atom stereocenters. The van der Waals surface area contributed by atoms with Crippen molar-refractivity contribution in [2.45, 2.75) is 0 Å². The lowest BCUT2D eigenvalue weighted by Gasteiger charge is -2.03. The molecule has 0 aliphatic heterocycles. The van der Waals surface area contributed by atoms with Gasteiger partial charge in [-0.25, -0.2) is 8.42 Å². The first-order valence-electron chi connectivity index (χ1n) is 3.88. The zero-order valence-electron chi connectivity index (χ0n) is 7.81. The monoisotopic (exact) mass is 248 g/mol. The van der Waals surface area contributed by atoms with Crippen molar-refractivity contribution in [3.8, 4) is 0 Å². The Kier molecular flexibility index (Phi) is 3.54. The van der Waals surface area contributed by atoms with Gasteiger partial charge in [0.05, 0.1) is 6.26 Å². The van der Waals surface area contributed by atoms with Gasteiger partial charge in [0.2, 0.25) is 10.0 Å². The van der Waals surface area contributed by atoms with E-state index < -0.39 is 10.0 Å². The number of sulfonamides is 1. The number of nitrogens with zero attached hydrogens (tertiary/aromatic N) is 1. The van der Waals surface area contributed by atoms with Crippen molar-refractivity contribution in [2.24, 2.45) is 5.16 Å². The second-order valence-electron chi connectivity index (χ2n) is 2.84. The van der Waals surface area contributed by atoms with Crippen LogP contribution in [0, 0.1) is 0 Å². The third-order valence-electron chi connectivity index (χ3n) is 1.51. The number of benzene rings is 1. The minimum absolute atomic E-state index is 0.0547. The van der Waals surface area contributed by atoms with Crippen LogP contribution in [-0.4, -0.2) is 25.1 Å². The van der Waals surface area contributed by atoms with Gasteiger partial charge in [-0.15, -0.1) is 0 Å². The summed E-state index contributed by atoms with van der Waals surface area (Å²) in [4.78, 5) is 0. The molecular formula is C8H9ClN2O3S. The lowest BCUT2D eigenvalue weighted by atomic mass is 10.2. The maximum absolute atomic E-state index is 10.9. The molecule has 0 saturated heterocycles. The zero-order valence-corrected chi connectivity index (χ0v) is 9.38. The summed E-state index contributed by atoms with van der Waals surface area (Å²) in [6.45, 7) is 0. The van der Waals surface area contributed by atoms with Gasteiger partial charge >= 0.3 is 0 Å². The summed E-state index contributed by atoms with van der Waals surface area (Å²) in [7, 11) is -3.28. The average Bonchev–Trinajstić information content (AvgIpc) is 2.15. The van der Waals surface area contributed by atoms with Crippen LogP contribution in [0.25, 0.3) is 0 Å². The lowest BCUT2D eigenvalue weighted by molar-refractivity contribution is 0.321. The van der Waals surface area contributed by atoms with Crippen molar-refractivity contribution >= 4 is 32.5 Å². The maximum atomic E-state index is 10.9. The predicted molar refractivity (Wildman–Crippen MR) is 59.1 cm³/mol. The molecule has 0 bridgehead atoms. The van der Waals surface area contributed by atoms with Crippen LogP contribution in [0.1, 0.15) is 5.56 Å². The van der Waals surface area contributed by atoms with Crippen LogP contribution in [0.2, 0.25) is 0 Å². The molecule has 0 fully saturated rings. The van der Waals surface area contributed by atoms with Gasteiger partial charge in [0.25, 0.3) is 0 Å². The van der Waals surface area contributed by atoms with Gasteiger partial charge < -0.3 is 5.21 Å². The smallest absolute Gasteiger partial charge is 0.229 e. The fraction of sp³-hybridized carbons (Fsp3) is 0.125. The van der Waals surface area contributed by atoms with Gasteiger partial charge in [0.15, 0.2) is 5.17 Å². The minimum Gasteiger partial charge on any atom is -0.410 e. The van der Waals surface area contributed by atoms with Crippen LogP contribution >= 0.6 is 11.6 Å². The van der Waals surface area contributed by atoms with E-state index in [1.807, 2.05) is 0 Å². The number of rotatable bonds is 3. The van der Waals surface area contributed by atoms with Crippen LogP contribution in [0.4, 0.5) is 5.69 Å². The molecule has 0 aliphatic carbocycles. The number of hydrogen-bond donors (Lipinski definition) is 2. The first kappa shape index (κ1) is 11.8. The third kappa shape index (κ3) is 3.77. The standard InChI is InChI=1S/C8H9ClN2O3S/c1-15(13,14)11-7-4-2-6(3-5-7)8(9)10-12/h2-5,11-12H,1H3. The van der Waals surface area contributed by atoms with Crippen molar-refractivity contribution in [2.75, 3.05) is 11.0 Å². The van der Waals surface area contributed by atoms with E-state index in [1.54, 1.807) is 0 Å². The number of oxime groups is 1. The highest BCUT2D eigenvalue weighted by Gasteiger charge is 2.03. The van der Waals surface area contributed by atoms with Crippen molar-refractivity contribution in [3.63, 3.8) is 0 Å². The number of nitrogens with one attached hydrogen (secondary N) is 1. The Morgan fingerprint density at radius 2 is 1.93 bits per heavy atom. The molecule has 0 radical (unpaired) electrons. The SMILES string of the molecule is CS(=O)(=O)Nc1ccc(C(Cl)=NO)cc1. The summed E-state index contributed by atoms with van der Waals surface area (Å²) in [5.41, 5.74) is 0.918. The summed E-state index contributed by atoms with van der Waals surface area (Å²) in [5.74, 6) is 0. The van der Waals surface area contributed by atoms with E-state index in [4.69, 9.17) is 16.8 Å². The second kappa shape index (κ2) is 4.50. The van der Waals surface area contributed by atoms with Crippen LogP contribution < -0.4 is 4.72 Å². The van der Waals surface area contributed by atoms with Gasteiger partial charge in [-0.3, -0.25) is 4.72 Å². The maximum Gasteiger partial charge on any atom is 0.229 e. The molecule has 0 heterocycles.